The number of ether oxygens (including phenoxy) is 1. The Bertz CT molecular complexity index is 2090. The van der Waals surface area contributed by atoms with Gasteiger partial charge in [0.05, 0.1) is 42.5 Å². The van der Waals surface area contributed by atoms with Crippen LogP contribution in [0, 0.1) is 16.0 Å². The molecule has 1 aliphatic heterocycles. The molecule has 0 saturated heterocycles. The van der Waals surface area contributed by atoms with Gasteiger partial charge in [0.25, 0.3) is 17.2 Å². The van der Waals surface area contributed by atoms with Crippen LogP contribution in [0.2, 0.25) is 0 Å². The summed E-state index contributed by atoms with van der Waals surface area (Å²) < 4.78 is 8.26. The predicted octanol–water partition coefficient (Wildman–Crippen LogP) is 4.49. The summed E-state index contributed by atoms with van der Waals surface area (Å²) in [6.45, 7) is 2.13. The zero-order chi connectivity index (χ0) is 35.4. The van der Waals surface area contributed by atoms with Crippen LogP contribution < -0.4 is 15.2 Å². The number of non-ortho nitro benzene ring substituents is 1. The fraction of sp³-hybridized carbons (Fsp3) is 0.243. The molecule has 0 radical (unpaired) electrons. The van der Waals surface area contributed by atoms with Gasteiger partial charge in [-0.25, -0.2) is 0 Å². The fourth-order valence-electron chi connectivity index (χ4n) is 6.27. The number of aliphatic hydroxyl groups is 2. The average molecular weight is 677 g/mol. The number of allylic oxidation sites excluding steroid dienone is 1. The quantitative estimate of drug-likeness (QED) is 0.104. The molecule has 5 aromatic rings. The lowest BCUT2D eigenvalue weighted by Crippen LogP contribution is -2.44. The first-order chi connectivity index (χ1) is 24.1. The van der Waals surface area contributed by atoms with Crippen LogP contribution in [-0.4, -0.2) is 54.3 Å². The molecule has 3 aromatic carbocycles. The molecule has 13 heteroatoms. The van der Waals surface area contributed by atoms with Crippen molar-refractivity contribution >= 4 is 17.3 Å². The molecule has 3 atom stereocenters. The number of nitrogens with zero attached hydrogens (tertiary/aromatic N) is 6. The van der Waals surface area contributed by atoms with Gasteiger partial charge in [0.15, 0.2) is 11.4 Å². The maximum Gasteiger partial charge on any atom is 0.297 e. The summed E-state index contributed by atoms with van der Waals surface area (Å²) in [5.41, 5.74) is 0.820. The molecule has 1 aliphatic rings. The summed E-state index contributed by atoms with van der Waals surface area (Å²) in [5, 5.41) is 42.2. The van der Waals surface area contributed by atoms with Gasteiger partial charge in [-0.3, -0.25) is 29.0 Å². The van der Waals surface area contributed by atoms with Gasteiger partial charge in [-0.2, -0.15) is 0 Å². The number of hydrogen-bond donors (Lipinski definition) is 2. The average Bonchev–Trinajstić information content (AvgIpc) is 3.68. The first-order valence-electron chi connectivity index (χ1n) is 16.1. The number of carbonyl (C=O) groups excluding carboxylic acids is 1. The highest BCUT2D eigenvalue weighted by molar-refractivity contribution is 6.07. The van der Waals surface area contributed by atoms with Crippen LogP contribution in [0.1, 0.15) is 41.6 Å². The summed E-state index contributed by atoms with van der Waals surface area (Å²) in [7, 11) is 1.43. The van der Waals surface area contributed by atoms with Crippen molar-refractivity contribution in [2.75, 3.05) is 18.6 Å². The number of rotatable bonds is 13. The van der Waals surface area contributed by atoms with Crippen LogP contribution in [0.3, 0.4) is 0 Å². The minimum absolute atomic E-state index is 0.0854. The van der Waals surface area contributed by atoms with E-state index in [1.165, 1.54) is 34.8 Å². The van der Waals surface area contributed by atoms with Gasteiger partial charge in [-0.15, -0.1) is 5.10 Å². The highest BCUT2D eigenvalue weighted by Gasteiger charge is 2.53. The third kappa shape index (κ3) is 6.43. The van der Waals surface area contributed by atoms with E-state index in [0.717, 1.165) is 11.1 Å². The number of aliphatic hydroxyl groups excluding tert-OH is 1. The molecule has 2 N–H and O–H groups in total. The van der Waals surface area contributed by atoms with Crippen molar-refractivity contribution in [3.05, 3.63) is 152 Å². The monoisotopic (exact) mass is 676 g/mol. The van der Waals surface area contributed by atoms with Crippen LogP contribution in [0.5, 0.6) is 5.75 Å². The molecule has 6 rings (SSSR count). The molecular weight excluding hydrogens is 640 g/mol. The molecule has 0 fully saturated rings. The van der Waals surface area contributed by atoms with Crippen molar-refractivity contribution in [1.82, 2.24) is 19.6 Å². The molecule has 13 nitrogen and oxygen atoms in total. The van der Waals surface area contributed by atoms with Crippen LogP contribution in [0.4, 0.5) is 11.4 Å². The number of aryl methyl sites for hydroxylation is 1. The van der Waals surface area contributed by atoms with E-state index in [1.54, 1.807) is 66.5 Å². The second-order valence-corrected chi connectivity index (χ2v) is 12.1. The second-order valence-electron chi connectivity index (χ2n) is 12.1. The number of methoxy groups -OCH3 is 1. The SMILES string of the molecule is COc1cccn(-c2ccc(CN3C(=O)[C@@](O)([C@@H](C)/C=C/CCn4cc(C(CO)c5ccccc5)nn4)c4cc([N+](=O)[O-])ccc43)cc2)c1=O. The topological polar surface area (TPSA) is 166 Å². The van der Waals surface area contributed by atoms with Gasteiger partial charge < -0.3 is 19.8 Å². The van der Waals surface area contributed by atoms with Crippen molar-refractivity contribution in [3.63, 3.8) is 0 Å². The summed E-state index contributed by atoms with van der Waals surface area (Å²) in [4.78, 5) is 39.3. The number of amides is 1. The predicted molar refractivity (Wildman–Crippen MR) is 185 cm³/mol. The Kier molecular flexibility index (Phi) is 9.70. The van der Waals surface area contributed by atoms with Crippen LogP contribution in [0.15, 0.2) is 114 Å². The van der Waals surface area contributed by atoms with Crippen molar-refractivity contribution in [2.45, 2.75) is 38.0 Å². The number of pyridine rings is 1. The number of carbonyl (C=O) groups is 1. The maximum absolute atomic E-state index is 14.1. The van der Waals surface area contributed by atoms with Crippen molar-refractivity contribution in [2.24, 2.45) is 5.92 Å². The van der Waals surface area contributed by atoms with Crippen molar-refractivity contribution < 1.29 is 24.7 Å². The summed E-state index contributed by atoms with van der Waals surface area (Å²) in [5.74, 6) is -1.44. The fourth-order valence-corrected chi connectivity index (χ4v) is 6.27. The molecule has 1 unspecified atom stereocenters. The van der Waals surface area contributed by atoms with Crippen molar-refractivity contribution in [3.8, 4) is 11.4 Å². The van der Waals surface area contributed by atoms with E-state index < -0.39 is 22.3 Å². The molecule has 2 aromatic heterocycles. The number of nitro benzene ring substituents is 1. The van der Waals surface area contributed by atoms with Gasteiger partial charge >= 0.3 is 0 Å². The normalized spacial score (nSPS) is 16.8. The zero-order valence-corrected chi connectivity index (χ0v) is 27.5. The lowest BCUT2D eigenvalue weighted by atomic mass is 9.82. The largest absolute Gasteiger partial charge is 0.491 e. The third-order valence-electron chi connectivity index (χ3n) is 9.06. The maximum atomic E-state index is 14.1. The van der Waals surface area contributed by atoms with Gasteiger partial charge in [0, 0.05) is 48.2 Å². The summed E-state index contributed by atoms with van der Waals surface area (Å²) in [6.07, 6.45) is 7.47. The second kappa shape index (κ2) is 14.3. The van der Waals surface area contributed by atoms with E-state index in [4.69, 9.17) is 4.74 Å². The number of hydrogen-bond acceptors (Lipinski definition) is 9. The first kappa shape index (κ1) is 34.0. The van der Waals surface area contributed by atoms with Crippen LogP contribution in [-0.2, 0) is 23.5 Å². The molecule has 0 bridgehead atoms. The Morgan fingerprint density at radius 2 is 1.80 bits per heavy atom. The third-order valence-corrected chi connectivity index (χ3v) is 9.06. The molecule has 256 valence electrons. The Balaban J connectivity index is 1.19. The molecule has 1 amide bonds. The highest BCUT2D eigenvalue weighted by atomic mass is 16.6. The number of fused-ring (bicyclic) bond motifs is 1. The first-order valence-corrected chi connectivity index (χ1v) is 16.1. The number of nitro groups is 1. The summed E-state index contributed by atoms with van der Waals surface area (Å²) in [6, 6.07) is 24.0. The Morgan fingerprint density at radius 3 is 2.50 bits per heavy atom. The minimum atomic E-state index is -2.06. The standard InChI is InChI=1S/C37H36N6O7/c1-25(9-6-7-19-40-23-32(38-39-40)30(24-44)27-10-4-3-5-11-27)37(47)31-21-29(43(48)49)17-18-33(31)42(36(37)46)22-26-13-15-28(16-14-26)41-20-8-12-34(50-2)35(41)45/h3-6,8-18,20-21,23,25,30,44,47H,7,19,22,24H2,1-2H3/b9-6+/t25-,30?,37+/m0/s1. The van der Waals surface area contributed by atoms with Crippen LogP contribution >= 0.6 is 0 Å². The van der Waals surface area contributed by atoms with E-state index in [2.05, 4.69) is 10.3 Å². The molecule has 50 heavy (non-hydrogen) atoms. The van der Waals surface area contributed by atoms with E-state index in [1.807, 2.05) is 36.4 Å². The number of benzene rings is 3. The Morgan fingerprint density at radius 1 is 1.04 bits per heavy atom. The Labute approximate surface area is 287 Å². The van der Waals surface area contributed by atoms with E-state index in [0.29, 0.717) is 30.0 Å². The summed E-state index contributed by atoms with van der Waals surface area (Å²) >= 11 is 0. The van der Waals surface area contributed by atoms with E-state index in [-0.39, 0.29) is 41.6 Å². The molecular formula is C37H36N6O7. The molecule has 0 saturated carbocycles. The number of aromatic nitrogens is 4. The highest BCUT2D eigenvalue weighted by Crippen LogP contribution is 2.47. The zero-order valence-electron chi connectivity index (χ0n) is 27.5. The lowest BCUT2D eigenvalue weighted by molar-refractivity contribution is -0.385. The van der Waals surface area contributed by atoms with Gasteiger partial charge in [-0.1, -0.05) is 66.8 Å². The van der Waals surface area contributed by atoms with Gasteiger partial charge in [-0.05, 0) is 47.9 Å². The minimum Gasteiger partial charge on any atom is -0.491 e. The van der Waals surface area contributed by atoms with Crippen molar-refractivity contribution in [1.29, 1.82) is 0 Å². The van der Waals surface area contributed by atoms with Crippen LogP contribution in [0.25, 0.3) is 5.69 Å². The Hall–Kier alpha value is -5.92. The lowest BCUT2D eigenvalue weighted by Gasteiger charge is -2.27. The molecule has 0 spiro atoms. The molecule has 0 aliphatic carbocycles. The number of anilines is 1. The smallest absolute Gasteiger partial charge is 0.297 e. The van der Waals surface area contributed by atoms with Gasteiger partial charge in [0.2, 0.25) is 0 Å². The van der Waals surface area contributed by atoms with E-state index >= 15 is 0 Å². The van der Waals surface area contributed by atoms with E-state index in [9.17, 15) is 29.9 Å². The van der Waals surface area contributed by atoms with Gasteiger partial charge in [0.1, 0.15) is 0 Å². The molecule has 3 heterocycles.